The molecule has 1 fully saturated rings. The number of piperidine rings is 1. The van der Waals surface area contributed by atoms with Crippen LogP contribution in [0.5, 0.6) is 0 Å². The van der Waals surface area contributed by atoms with Crippen LogP contribution in [0.3, 0.4) is 0 Å². The van der Waals surface area contributed by atoms with Gasteiger partial charge < -0.3 is 4.90 Å². The number of likely N-dealkylation sites (tertiary alicyclic amines) is 1. The first-order valence-corrected chi connectivity index (χ1v) is 6.61. The summed E-state index contributed by atoms with van der Waals surface area (Å²) in [5.74, 6) is 0. The lowest BCUT2D eigenvalue weighted by Crippen LogP contribution is -2.31. The van der Waals surface area contributed by atoms with Crippen LogP contribution in [0.2, 0.25) is 5.02 Å². The van der Waals surface area contributed by atoms with Gasteiger partial charge >= 0.3 is 0 Å². The summed E-state index contributed by atoms with van der Waals surface area (Å²) in [6, 6.07) is 6.18. The molecule has 1 aromatic carbocycles. The van der Waals surface area contributed by atoms with Crippen molar-refractivity contribution < 1.29 is 0 Å². The van der Waals surface area contributed by atoms with Crippen molar-refractivity contribution in [1.29, 1.82) is 0 Å². The van der Waals surface area contributed by atoms with Crippen molar-refractivity contribution in [3.63, 3.8) is 0 Å². The van der Waals surface area contributed by atoms with E-state index in [4.69, 9.17) is 11.6 Å². The van der Waals surface area contributed by atoms with E-state index in [1.807, 2.05) is 12.1 Å². The van der Waals surface area contributed by atoms with Crippen molar-refractivity contribution >= 4 is 11.6 Å². The topological polar surface area (TPSA) is 3.24 Å². The van der Waals surface area contributed by atoms with Crippen LogP contribution in [-0.4, -0.2) is 24.5 Å². The number of hydrogen-bond donors (Lipinski definition) is 0. The van der Waals surface area contributed by atoms with Crippen LogP contribution in [-0.2, 0) is 6.42 Å². The molecule has 1 nitrogen and oxygen atoms in total. The highest BCUT2D eigenvalue weighted by Gasteiger charge is 2.11. The lowest BCUT2D eigenvalue weighted by atomic mass is 10.0. The molecular weight excluding hydrogens is 218 g/mol. The molecular formula is C14H20ClN. The van der Waals surface area contributed by atoms with Crippen LogP contribution >= 0.6 is 11.6 Å². The zero-order valence-electron chi connectivity index (χ0n) is 10.0. The molecule has 0 amide bonds. The fraction of sp³-hybridized carbons (Fsp3) is 0.571. The van der Waals surface area contributed by atoms with Gasteiger partial charge in [-0.2, -0.15) is 0 Å². The van der Waals surface area contributed by atoms with Crippen LogP contribution < -0.4 is 0 Å². The zero-order chi connectivity index (χ0) is 11.4. The number of aryl methyl sites for hydroxylation is 1. The minimum Gasteiger partial charge on any atom is -0.303 e. The molecule has 0 saturated carbocycles. The standard InChI is InChI=1S/C14H20ClN/c1-12-6-5-7-14(15)13(12)8-11-16-9-3-2-4-10-16/h5-7H,2-4,8-11H2,1H3. The molecule has 1 aromatic rings. The number of benzene rings is 1. The van der Waals surface area contributed by atoms with Gasteiger partial charge in [-0.05, 0) is 56.5 Å². The number of hydrogen-bond acceptors (Lipinski definition) is 1. The molecule has 88 valence electrons. The molecule has 0 bridgehead atoms. The van der Waals surface area contributed by atoms with Gasteiger partial charge in [0, 0.05) is 11.6 Å². The Morgan fingerprint density at radius 2 is 1.94 bits per heavy atom. The first kappa shape index (κ1) is 11.9. The zero-order valence-corrected chi connectivity index (χ0v) is 10.8. The van der Waals surface area contributed by atoms with Gasteiger partial charge in [0.2, 0.25) is 0 Å². The van der Waals surface area contributed by atoms with E-state index in [0.29, 0.717) is 0 Å². The van der Waals surface area contributed by atoms with Crippen molar-refractivity contribution in [1.82, 2.24) is 4.90 Å². The molecule has 16 heavy (non-hydrogen) atoms. The number of rotatable bonds is 3. The van der Waals surface area contributed by atoms with Gasteiger partial charge in [0.05, 0.1) is 0 Å². The summed E-state index contributed by atoms with van der Waals surface area (Å²) >= 11 is 6.23. The first-order chi connectivity index (χ1) is 7.77. The SMILES string of the molecule is Cc1cccc(Cl)c1CCN1CCCCC1. The second-order valence-electron chi connectivity index (χ2n) is 4.69. The Kier molecular flexibility index (Phi) is 4.25. The molecule has 2 heteroatoms. The van der Waals surface area contributed by atoms with Gasteiger partial charge in [-0.3, -0.25) is 0 Å². The molecule has 1 saturated heterocycles. The van der Waals surface area contributed by atoms with E-state index in [1.165, 1.54) is 43.5 Å². The molecule has 0 aliphatic carbocycles. The van der Waals surface area contributed by atoms with Gasteiger partial charge in [-0.25, -0.2) is 0 Å². The number of halogens is 1. The van der Waals surface area contributed by atoms with Crippen LogP contribution in [0.4, 0.5) is 0 Å². The molecule has 1 aliphatic heterocycles. The van der Waals surface area contributed by atoms with Gasteiger partial charge in [0.25, 0.3) is 0 Å². The van der Waals surface area contributed by atoms with E-state index in [2.05, 4.69) is 17.9 Å². The van der Waals surface area contributed by atoms with Gasteiger partial charge in [-0.1, -0.05) is 30.2 Å². The van der Waals surface area contributed by atoms with Crippen LogP contribution in [0.15, 0.2) is 18.2 Å². The van der Waals surface area contributed by atoms with E-state index in [9.17, 15) is 0 Å². The molecule has 0 atom stereocenters. The third-order valence-electron chi connectivity index (χ3n) is 3.48. The maximum Gasteiger partial charge on any atom is 0.0441 e. The highest BCUT2D eigenvalue weighted by atomic mass is 35.5. The van der Waals surface area contributed by atoms with Crippen molar-refractivity contribution in [3.8, 4) is 0 Å². The predicted octanol–water partition coefficient (Wildman–Crippen LogP) is 3.68. The highest BCUT2D eigenvalue weighted by molar-refractivity contribution is 6.31. The summed E-state index contributed by atoms with van der Waals surface area (Å²) in [6.45, 7) is 5.84. The summed E-state index contributed by atoms with van der Waals surface area (Å²) in [4.78, 5) is 2.56. The Labute approximate surface area is 103 Å². The molecule has 2 rings (SSSR count). The largest absolute Gasteiger partial charge is 0.303 e. The van der Waals surface area contributed by atoms with Gasteiger partial charge in [0.15, 0.2) is 0 Å². The minimum absolute atomic E-state index is 0.928. The van der Waals surface area contributed by atoms with Crippen molar-refractivity contribution in [2.45, 2.75) is 32.6 Å². The maximum atomic E-state index is 6.23. The predicted molar refractivity (Wildman–Crippen MR) is 70.2 cm³/mol. The van der Waals surface area contributed by atoms with Crippen molar-refractivity contribution in [2.75, 3.05) is 19.6 Å². The number of nitrogens with zero attached hydrogens (tertiary/aromatic N) is 1. The summed E-state index contributed by atoms with van der Waals surface area (Å²) in [5, 5.41) is 0.928. The van der Waals surface area contributed by atoms with E-state index >= 15 is 0 Å². The third kappa shape index (κ3) is 2.99. The molecule has 1 aliphatic rings. The molecule has 0 spiro atoms. The van der Waals surface area contributed by atoms with E-state index in [0.717, 1.165) is 18.0 Å². The fourth-order valence-electron chi connectivity index (χ4n) is 2.44. The molecule has 0 aromatic heterocycles. The summed E-state index contributed by atoms with van der Waals surface area (Å²) in [5.41, 5.74) is 2.65. The van der Waals surface area contributed by atoms with Crippen molar-refractivity contribution in [3.05, 3.63) is 34.3 Å². The second kappa shape index (κ2) is 5.70. The van der Waals surface area contributed by atoms with E-state index < -0.39 is 0 Å². The Balaban J connectivity index is 1.93. The average Bonchev–Trinajstić information content (AvgIpc) is 2.30. The quantitative estimate of drug-likeness (QED) is 0.775. The molecule has 0 N–H and O–H groups in total. The maximum absolute atomic E-state index is 6.23. The van der Waals surface area contributed by atoms with Crippen LogP contribution in [0.1, 0.15) is 30.4 Å². The lowest BCUT2D eigenvalue weighted by Gasteiger charge is -2.26. The van der Waals surface area contributed by atoms with Gasteiger partial charge in [-0.15, -0.1) is 0 Å². The van der Waals surface area contributed by atoms with E-state index in [1.54, 1.807) is 0 Å². The summed E-state index contributed by atoms with van der Waals surface area (Å²) in [7, 11) is 0. The van der Waals surface area contributed by atoms with Crippen LogP contribution in [0, 0.1) is 6.92 Å². The average molecular weight is 238 g/mol. The third-order valence-corrected chi connectivity index (χ3v) is 3.83. The Morgan fingerprint density at radius 3 is 2.62 bits per heavy atom. The van der Waals surface area contributed by atoms with Crippen molar-refractivity contribution in [2.24, 2.45) is 0 Å². The first-order valence-electron chi connectivity index (χ1n) is 6.24. The summed E-state index contributed by atoms with van der Waals surface area (Å²) < 4.78 is 0. The molecule has 0 unspecified atom stereocenters. The Morgan fingerprint density at radius 1 is 1.19 bits per heavy atom. The normalized spacial score (nSPS) is 17.6. The highest BCUT2D eigenvalue weighted by Crippen LogP contribution is 2.20. The molecule has 1 heterocycles. The van der Waals surface area contributed by atoms with Gasteiger partial charge in [0.1, 0.15) is 0 Å². The second-order valence-corrected chi connectivity index (χ2v) is 5.09. The lowest BCUT2D eigenvalue weighted by molar-refractivity contribution is 0.231. The Hall–Kier alpha value is -0.530. The Bertz CT molecular complexity index is 322. The van der Waals surface area contributed by atoms with E-state index in [-0.39, 0.29) is 0 Å². The smallest absolute Gasteiger partial charge is 0.0441 e. The summed E-state index contributed by atoms with van der Waals surface area (Å²) in [6.07, 6.45) is 5.22. The molecule has 0 radical (unpaired) electrons. The van der Waals surface area contributed by atoms with Crippen LogP contribution in [0.25, 0.3) is 0 Å². The monoisotopic (exact) mass is 237 g/mol. The fourth-order valence-corrected chi connectivity index (χ4v) is 2.75. The minimum atomic E-state index is 0.928.